The first-order valence-corrected chi connectivity index (χ1v) is 6.77. The van der Waals surface area contributed by atoms with Crippen LogP contribution in [0.5, 0.6) is 0 Å². The lowest BCUT2D eigenvalue weighted by Crippen LogP contribution is -2.43. The Morgan fingerprint density at radius 3 is 2.63 bits per heavy atom. The molecule has 19 heavy (non-hydrogen) atoms. The maximum Gasteiger partial charge on any atom is 0.326 e. The molecule has 0 bridgehead atoms. The quantitative estimate of drug-likeness (QED) is 0.837. The minimum Gasteiger partial charge on any atom is -0.480 e. The molecule has 2 unspecified atom stereocenters. The monoisotopic (exact) mass is 281 g/mol. The Labute approximate surface area is 117 Å². The Morgan fingerprint density at radius 1 is 1.42 bits per heavy atom. The van der Waals surface area contributed by atoms with Gasteiger partial charge in [-0.2, -0.15) is 0 Å². The topological polar surface area (TPSA) is 57.6 Å². The van der Waals surface area contributed by atoms with Gasteiger partial charge in [0.1, 0.15) is 6.04 Å². The highest BCUT2D eigenvalue weighted by molar-refractivity contribution is 6.18. The molecule has 0 aromatic heterocycles. The lowest BCUT2D eigenvalue weighted by Gasteiger charge is -2.24. The third-order valence-electron chi connectivity index (χ3n) is 3.39. The zero-order valence-corrected chi connectivity index (χ0v) is 11.2. The number of halogens is 1. The van der Waals surface area contributed by atoms with E-state index >= 15 is 0 Å². The van der Waals surface area contributed by atoms with Crippen molar-refractivity contribution in [3.63, 3.8) is 0 Å². The first kappa shape index (κ1) is 13.9. The molecule has 1 aromatic rings. The molecule has 1 fully saturated rings. The van der Waals surface area contributed by atoms with E-state index in [0.717, 1.165) is 5.56 Å². The van der Waals surface area contributed by atoms with Crippen LogP contribution in [0.3, 0.4) is 0 Å². The Kier molecular flexibility index (Phi) is 4.43. The van der Waals surface area contributed by atoms with Gasteiger partial charge in [0.05, 0.1) is 0 Å². The van der Waals surface area contributed by atoms with Crippen molar-refractivity contribution >= 4 is 23.5 Å². The number of hydrogen-bond acceptors (Lipinski definition) is 2. The molecule has 0 saturated carbocycles. The van der Waals surface area contributed by atoms with Gasteiger partial charge in [0, 0.05) is 25.3 Å². The lowest BCUT2D eigenvalue weighted by molar-refractivity contribution is -0.148. The largest absolute Gasteiger partial charge is 0.480 e. The maximum atomic E-state index is 11.9. The number of nitrogens with zero attached hydrogens (tertiary/aromatic N) is 1. The number of amides is 1. The molecule has 1 aliphatic heterocycles. The number of carboxylic acids is 1. The Bertz CT molecular complexity index is 463. The summed E-state index contributed by atoms with van der Waals surface area (Å²) in [6.07, 6.45) is 0.680. The van der Waals surface area contributed by atoms with Gasteiger partial charge in [0.15, 0.2) is 0 Å². The van der Waals surface area contributed by atoms with E-state index in [9.17, 15) is 14.7 Å². The number of carbonyl (C=O) groups is 2. The average Bonchev–Trinajstić information content (AvgIpc) is 2.78. The summed E-state index contributed by atoms with van der Waals surface area (Å²) in [4.78, 5) is 24.7. The zero-order valence-electron chi connectivity index (χ0n) is 10.5. The number of carbonyl (C=O) groups excluding carboxylic acids is 1. The van der Waals surface area contributed by atoms with Crippen LogP contribution in [0.4, 0.5) is 0 Å². The molecule has 4 nitrogen and oxygen atoms in total. The first-order valence-electron chi connectivity index (χ1n) is 6.24. The summed E-state index contributed by atoms with van der Waals surface area (Å²) >= 11 is 5.76. The minimum atomic E-state index is -0.965. The van der Waals surface area contributed by atoms with Crippen LogP contribution in [0, 0.1) is 5.92 Å². The van der Waals surface area contributed by atoms with Crippen LogP contribution >= 0.6 is 11.6 Å². The summed E-state index contributed by atoms with van der Waals surface area (Å²) < 4.78 is 0. The molecule has 0 aliphatic carbocycles. The van der Waals surface area contributed by atoms with E-state index in [1.165, 1.54) is 4.90 Å². The van der Waals surface area contributed by atoms with Crippen LogP contribution in [0.25, 0.3) is 0 Å². The summed E-state index contributed by atoms with van der Waals surface area (Å²) in [5, 5.41) is 9.34. The molecule has 1 amide bonds. The molecule has 1 aliphatic rings. The summed E-state index contributed by atoms with van der Waals surface area (Å²) in [5.74, 6) is -0.631. The molecular formula is C14H16ClNO3. The second kappa shape index (κ2) is 6.06. The summed E-state index contributed by atoms with van der Waals surface area (Å²) in [7, 11) is 0. The van der Waals surface area contributed by atoms with E-state index in [0.29, 0.717) is 25.3 Å². The third-order valence-corrected chi connectivity index (χ3v) is 3.83. The second-order valence-corrected chi connectivity index (χ2v) is 5.12. The van der Waals surface area contributed by atoms with Crippen molar-refractivity contribution in [2.45, 2.75) is 18.9 Å². The van der Waals surface area contributed by atoms with Crippen molar-refractivity contribution in [1.82, 2.24) is 4.90 Å². The van der Waals surface area contributed by atoms with E-state index in [4.69, 9.17) is 11.6 Å². The fourth-order valence-corrected chi connectivity index (χ4v) is 2.59. The highest BCUT2D eigenvalue weighted by Crippen LogP contribution is 2.23. The van der Waals surface area contributed by atoms with Crippen LogP contribution in [0.1, 0.15) is 12.0 Å². The van der Waals surface area contributed by atoms with Crippen molar-refractivity contribution in [1.29, 1.82) is 0 Å². The van der Waals surface area contributed by atoms with Crippen molar-refractivity contribution < 1.29 is 14.7 Å². The Balaban J connectivity index is 2.13. The standard InChI is InChI=1S/C14H16ClNO3/c15-8-11-7-13(17)16(9-11)12(14(18)19)6-10-4-2-1-3-5-10/h1-5,11-12H,6-9H2,(H,18,19). The van der Waals surface area contributed by atoms with Gasteiger partial charge in [-0.1, -0.05) is 30.3 Å². The fourth-order valence-electron chi connectivity index (χ4n) is 2.38. The molecule has 0 spiro atoms. The normalized spacial score (nSPS) is 20.6. The van der Waals surface area contributed by atoms with Crippen LogP contribution in [-0.2, 0) is 16.0 Å². The van der Waals surface area contributed by atoms with Gasteiger partial charge in [-0.25, -0.2) is 4.79 Å². The summed E-state index contributed by atoms with van der Waals surface area (Å²) in [6.45, 7) is 0.437. The number of carboxylic acid groups (broad SMARTS) is 1. The van der Waals surface area contributed by atoms with Crippen LogP contribution in [0.15, 0.2) is 30.3 Å². The Hall–Kier alpha value is -1.55. The van der Waals surface area contributed by atoms with E-state index in [-0.39, 0.29) is 11.8 Å². The van der Waals surface area contributed by atoms with Crippen LogP contribution in [0.2, 0.25) is 0 Å². The van der Waals surface area contributed by atoms with Crippen LogP contribution in [-0.4, -0.2) is 40.3 Å². The van der Waals surface area contributed by atoms with Gasteiger partial charge in [0.2, 0.25) is 5.91 Å². The Morgan fingerprint density at radius 2 is 2.11 bits per heavy atom. The molecule has 102 valence electrons. The van der Waals surface area contributed by atoms with Gasteiger partial charge in [-0.3, -0.25) is 4.79 Å². The van der Waals surface area contributed by atoms with E-state index in [1.54, 1.807) is 0 Å². The molecular weight excluding hydrogens is 266 g/mol. The number of rotatable bonds is 5. The van der Waals surface area contributed by atoms with Gasteiger partial charge in [-0.15, -0.1) is 11.6 Å². The average molecular weight is 282 g/mol. The molecule has 1 aromatic carbocycles. The molecule has 5 heteroatoms. The number of hydrogen-bond donors (Lipinski definition) is 1. The summed E-state index contributed by atoms with van der Waals surface area (Å²) in [5.41, 5.74) is 0.914. The molecule has 1 N–H and O–H groups in total. The van der Waals surface area contributed by atoms with E-state index < -0.39 is 12.0 Å². The predicted octanol–water partition coefficient (Wildman–Crippen LogP) is 1.77. The molecule has 1 saturated heterocycles. The number of aliphatic carboxylic acids is 1. The van der Waals surface area contributed by atoms with Crippen molar-refractivity contribution in [2.24, 2.45) is 5.92 Å². The summed E-state index contributed by atoms with van der Waals surface area (Å²) in [6, 6.07) is 8.54. The van der Waals surface area contributed by atoms with Gasteiger partial charge in [0.25, 0.3) is 0 Å². The minimum absolute atomic E-state index is 0.0618. The zero-order chi connectivity index (χ0) is 13.8. The van der Waals surface area contributed by atoms with E-state index in [2.05, 4.69) is 0 Å². The molecule has 2 atom stereocenters. The smallest absolute Gasteiger partial charge is 0.326 e. The van der Waals surface area contributed by atoms with Crippen molar-refractivity contribution in [3.8, 4) is 0 Å². The lowest BCUT2D eigenvalue weighted by atomic mass is 10.0. The second-order valence-electron chi connectivity index (χ2n) is 4.81. The van der Waals surface area contributed by atoms with Crippen molar-refractivity contribution in [2.75, 3.05) is 12.4 Å². The molecule has 0 radical (unpaired) electrons. The van der Waals surface area contributed by atoms with Gasteiger partial charge >= 0.3 is 5.97 Å². The van der Waals surface area contributed by atoms with Crippen molar-refractivity contribution in [3.05, 3.63) is 35.9 Å². The number of likely N-dealkylation sites (tertiary alicyclic amines) is 1. The number of benzene rings is 1. The first-order chi connectivity index (χ1) is 9.11. The number of alkyl halides is 1. The van der Waals surface area contributed by atoms with Crippen LogP contribution < -0.4 is 0 Å². The predicted molar refractivity (Wildman–Crippen MR) is 72.1 cm³/mol. The molecule has 1 heterocycles. The third kappa shape index (κ3) is 3.26. The SMILES string of the molecule is O=C(O)C(Cc1ccccc1)N1CC(CCl)CC1=O. The van der Waals surface area contributed by atoms with Gasteiger partial charge in [-0.05, 0) is 11.5 Å². The fraction of sp³-hybridized carbons (Fsp3) is 0.429. The van der Waals surface area contributed by atoms with E-state index in [1.807, 2.05) is 30.3 Å². The maximum absolute atomic E-state index is 11.9. The molecule has 2 rings (SSSR count). The highest BCUT2D eigenvalue weighted by Gasteiger charge is 2.37. The highest BCUT2D eigenvalue weighted by atomic mass is 35.5. The van der Waals surface area contributed by atoms with Gasteiger partial charge < -0.3 is 10.0 Å².